The largest absolute Gasteiger partial charge is 0.474 e. The molecule has 0 radical (unpaired) electrons. The highest BCUT2D eigenvalue weighted by Crippen LogP contribution is 1.59. The number of carbonyl (C=O) groups excluding carboxylic acids is 1. The molecule has 0 aromatic carbocycles. The molecule has 0 spiro atoms. The molecular weight excluding hydrogens is 112 g/mol. The smallest absolute Gasteiger partial charge is 0.394 e. The molecule has 4 N–H and O–H groups in total. The summed E-state index contributed by atoms with van der Waals surface area (Å²) < 4.78 is 0. The molecule has 5 heteroatoms. The van der Waals surface area contributed by atoms with Crippen LogP contribution >= 0.6 is 0 Å². The van der Waals surface area contributed by atoms with Crippen LogP contribution in [0.1, 0.15) is 0 Å². The molecule has 0 atom stereocenters. The van der Waals surface area contributed by atoms with Crippen molar-refractivity contribution in [2.24, 2.45) is 5.73 Å². The van der Waals surface area contributed by atoms with E-state index in [1.165, 1.54) is 0 Å². The highest BCUT2D eigenvalue weighted by molar-refractivity contribution is 6.31. The third-order valence-electron chi connectivity index (χ3n) is 0.457. The van der Waals surface area contributed by atoms with Crippen molar-refractivity contribution >= 4 is 11.9 Å². The number of aliphatic carboxylic acids is 1. The minimum absolute atomic E-state index is 0.148. The lowest BCUT2D eigenvalue weighted by Gasteiger charge is -1.91. The SMILES string of the molecule is NCNC(=O)C(=O)O. The highest BCUT2D eigenvalue weighted by atomic mass is 16.4. The second-order valence-corrected chi connectivity index (χ2v) is 1.02. The van der Waals surface area contributed by atoms with Crippen molar-refractivity contribution in [2.75, 3.05) is 6.67 Å². The Balaban J connectivity index is 3.49. The van der Waals surface area contributed by atoms with Crippen LogP contribution in [-0.2, 0) is 9.59 Å². The number of carbonyl (C=O) groups is 2. The summed E-state index contributed by atoms with van der Waals surface area (Å²) in [5, 5.41) is 9.73. The first-order valence-electron chi connectivity index (χ1n) is 1.89. The lowest BCUT2D eigenvalue weighted by molar-refractivity contribution is -0.150. The predicted molar refractivity (Wildman–Crippen MR) is 24.8 cm³/mol. The van der Waals surface area contributed by atoms with Crippen LogP contribution < -0.4 is 11.1 Å². The Morgan fingerprint density at radius 2 is 2.12 bits per heavy atom. The van der Waals surface area contributed by atoms with Crippen molar-refractivity contribution in [1.82, 2.24) is 5.32 Å². The van der Waals surface area contributed by atoms with Gasteiger partial charge in [0.25, 0.3) is 0 Å². The lowest BCUT2D eigenvalue weighted by Crippen LogP contribution is -2.34. The fraction of sp³-hybridized carbons (Fsp3) is 0.333. The third-order valence-corrected chi connectivity index (χ3v) is 0.457. The minimum atomic E-state index is -1.52. The van der Waals surface area contributed by atoms with Crippen LogP contribution in [0.3, 0.4) is 0 Å². The summed E-state index contributed by atoms with van der Waals surface area (Å²) in [6, 6.07) is 0. The maximum absolute atomic E-state index is 9.95. The molecule has 0 heterocycles. The Morgan fingerprint density at radius 1 is 1.62 bits per heavy atom. The van der Waals surface area contributed by atoms with Crippen LogP contribution in [0.25, 0.3) is 0 Å². The summed E-state index contributed by atoms with van der Waals surface area (Å²) >= 11 is 0. The molecule has 46 valence electrons. The molecule has 0 aromatic rings. The third kappa shape index (κ3) is 2.14. The van der Waals surface area contributed by atoms with Crippen molar-refractivity contribution in [3.05, 3.63) is 0 Å². The summed E-state index contributed by atoms with van der Waals surface area (Å²) in [4.78, 5) is 19.6. The standard InChI is InChI=1S/C3H6N2O3/c4-1-5-2(6)3(7)8/h1,4H2,(H,5,6)(H,7,8). The van der Waals surface area contributed by atoms with Crippen molar-refractivity contribution in [1.29, 1.82) is 0 Å². The van der Waals surface area contributed by atoms with E-state index in [4.69, 9.17) is 10.8 Å². The molecule has 0 saturated carbocycles. The van der Waals surface area contributed by atoms with E-state index in [0.29, 0.717) is 0 Å². The zero-order chi connectivity index (χ0) is 6.57. The van der Waals surface area contributed by atoms with Crippen LogP contribution in [0.2, 0.25) is 0 Å². The van der Waals surface area contributed by atoms with Crippen LogP contribution in [0.15, 0.2) is 0 Å². The number of carboxylic acids is 1. The number of carboxylic acid groups (broad SMARTS) is 1. The van der Waals surface area contributed by atoms with E-state index in [1.807, 2.05) is 5.32 Å². The molecular formula is C3H6N2O3. The first kappa shape index (κ1) is 6.90. The lowest BCUT2D eigenvalue weighted by atomic mass is 10.6. The first-order valence-corrected chi connectivity index (χ1v) is 1.89. The molecule has 0 unspecified atom stereocenters. The Kier molecular flexibility index (Phi) is 2.57. The topological polar surface area (TPSA) is 92.4 Å². The van der Waals surface area contributed by atoms with Gasteiger partial charge in [-0.1, -0.05) is 0 Å². The van der Waals surface area contributed by atoms with Gasteiger partial charge in [-0.2, -0.15) is 0 Å². The van der Waals surface area contributed by atoms with E-state index < -0.39 is 11.9 Å². The fourth-order valence-electron chi connectivity index (χ4n) is 0.168. The second kappa shape index (κ2) is 2.98. The fourth-order valence-corrected chi connectivity index (χ4v) is 0.168. The molecule has 0 saturated heterocycles. The van der Waals surface area contributed by atoms with Gasteiger partial charge in [0.2, 0.25) is 0 Å². The van der Waals surface area contributed by atoms with E-state index >= 15 is 0 Å². The van der Waals surface area contributed by atoms with E-state index in [9.17, 15) is 9.59 Å². The number of rotatable bonds is 1. The molecule has 0 aliphatic rings. The maximum atomic E-state index is 9.95. The first-order chi connectivity index (χ1) is 3.68. The molecule has 0 rings (SSSR count). The Labute approximate surface area is 45.5 Å². The van der Waals surface area contributed by atoms with Gasteiger partial charge in [0.1, 0.15) is 0 Å². The van der Waals surface area contributed by atoms with Gasteiger partial charge in [0.05, 0.1) is 6.67 Å². The summed E-state index contributed by atoms with van der Waals surface area (Å²) in [5.41, 5.74) is 4.77. The molecule has 8 heavy (non-hydrogen) atoms. The van der Waals surface area contributed by atoms with Crippen molar-refractivity contribution in [3.8, 4) is 0 Å². The average Bonchev–Trinajstić information content (AvgIpc) is 1.67. The van der Waals surface area contributed by atoms with E-state index in [-0.39, 0.29) is 6.67 Å². The van der Waals surface area contributed by atoms with E-state index in [2.05, 4.69) is 0 Å². The number of hydrogen-bond acceptors (Lipinski definition) is 3. The van der Waals surface area contributed by atoms with Crippen molar-refractivity contribution < 1.29 is 14.7 Å². The zero-order valence-corrected chi connectivity index (χ0v) is 4.05. The molecule has 1 amide bonds. The molecule has 0 aliphatic heterocycles. The van der Waals surface area contributed by atoms with Gasteiger partial charge >= 0.3 is 11.9 Å². The average molecular weight is 118 g/mol. The number of hydrogen-bond donors (Lipinski definition) is 3. The van der Waals surface area contributed by atoms with Gasteiger partial charge in [0.15, 0.2) is 0 Å². The molecule has 0 aliphatic carbocycles. The van der Waals surface area contributed by atoms with Gasteiger partial charge in [-0.15, -0.1) is 0 Å². The monoisotopic (exact) mass is 118 g/mol. The molecule has 0 aromatic heterocycles. The van der Waals surface area contributed by atoms with Crippen LogP contribution in [0, 0.1) is 0 Å². The number of nitrogens with two attached hydrogens (primary N) is 1. The van der Waals surface area contributed by atoms with E-state index in [0.717, 1.165) is 0 Å². The predicted octanol–water partition coefficient (Wildman–Crippen LogP) is -1.90. The Hall–Kier alpha value is -1.10. The maximum Gasteiger partial charge on any atom is 0.394 e. The number of amides is 1. The van der Waals surface area contributed by atoms with Gasteiger partial charge < -0.3 is 16.2 Å². The summed E-state index contributed by atoms with van der Waals surface area (Å²) in [7, 11) is 0. The Bertz CT molecular complexity index is 111. The van der Waals surface area contributed by atoms with E-state index in [1.54, 1.807) is 0 Å². The zero-order valence-electron chi connectivity index (χ0n) is 4.05. The van der Waals surface area contributed by atoms with Crippen molar-refractivity contribution in [3.63, 3.8) is 0 Å². The summed E-state index contributed by atoms with van der Waals surface area (Å²) in [5.74, 6) is -2.59. The van der Waals surface area contributed by atoms with Gasteiger partial charge in [-0.25, -0.2) is 4.79 Å². The summed E-state index contributed by atoms with van der Waals surface area (Å²) in [6.07, 6.45) is 0. The quantitative estimate of drug-likeness (QED) is 0.277. The Morgan fingerprint density at radius 3 is 2.25 bits per heavy atom. The number of nitrogens with one attached hydrogen (secondary N) is 1. The van der Waals surface area contributed by atoms with Gasteiger partial charge in [-0.3, -0.25) is 4.79 Å². The van der Waals surface area contributed by atoms with Gasteiger partial charge in [0, 0.05) is 0 Å². The highest BCUT2D eigenvalue weighted by Gasteiger charge is 2.06. The van der Waals surface area contributed by atoms with Crippen LogP contribution in [0.5, 0.6) is 0 Å². The summed E-state index contributed by atoms with van der Waals surface area (Å²) in [6.45, 7) is -0.148. The van der Waals surface area contributed by atoms with Gasteiger partial charge in [-0.05, 0) is 0 Å². The molecule has 0 fully saturated rings. The normalized spacial score (nSPS) is 8.12. The van der Waals surface area contributed by atoms with Crippen LogP contribution in [0.4, 0.5) is 0 Å². The second-order valence-electron chi connectivity index (χ2n) is 1.02. The molecule has 0 bridgehead atoms. The minimum Gasteiger partial charge on any atom is -0.474 e. The van der Waals surface area contributed by atoms with Crippen LogP contribution in [-0.4, -0.2) is 23.7 Å². The molecule has 5 nitrogen and oxygen atoms in total. The van der Waals surface area contributed by atoms with Crippen molar-refractivity contribution in [2.45, 2.75) is 0 Å².